The molecule has 4 heteroatoms. The second-order valence-electron chi connectivity index (χ2n) is 4.71. The van der Waals surface area contributed by atoms with E-state index in [0.29, 0.717) is 24.3 Å². The van der Waals surface area contributed by atoms with Gasteiger partial charge in [-0.2, -0.15) is 0 Å². The topological polar surface area (TPSA) is 32.7 Å². The molecule has 0 aromatic heterocycles. The molecule has 1 aliphatic rings. The normalized spacial score (nSPS) is 18.1. The maximum absolute atomic E-state index is 9.43. The monoisotopic (exact) mass is 269 g/mol. The molecule has 100 valence electrons. The fourth-order valence-electron chi connectivity index (χ4n) is 2.36. The maximum Gasteiger partial charge on any atom is 0.115 e. The summed E-state index contributed by atoms with van der Waals surface area (Å²) in [6.07, 6.45) is 2.50. The number of aromatic hydroxyl groups is 1. The van der Waals surface area contributed by atoms with Crippen LogP contribution in [0.15, 0.2) is 24.3 Å². The Kier molecular flexibility index (Phi) is 5.29. The van der Waals surface area contributed by atoms with Crippen molar-refractivity contribution in [2.75, 3.05) is 25.6 Å². The van der Waals surface area contributed by atoms with E-state index in [1.165, 1.54) is 0 Å². The summed E-state index contributed by atoms with van der Waals surface area (Å²) in [5.41, 5.74) is 1.16. The number of ether oxygens (including phenoxy) is 1. The van der Waals surface area contributed by atoms with Crippen LogP contribution in [0.2, 0.25) is 0 Å². The number of hydrogen-bond acceptors (Lipinski definition) is 3. The van der Waals surface area contributed by atoms with Gasteiger partial charge in [-0.15, -0.1) is 11.6 Å². The number of nitrogens with zero attached hydrogens (tertiary/aromatic N) is 1. The second-order valence-corrected chi connectivity index (χ2v) is 5.08. The molecule has 0 saturated carbocycles. The van der Waals surface area contributed by atoms with Crippen LogP contribution in [-0.2, 0) is 11.3 Å². The molecule has 18 heavy (non-hydrogen) atoms. The molecule has 1 aromatic rings. The highest BCUT2D eigenvalue weighted by Gasteiger charge is 2.19. The number of rotatable bonds is 5. The summed E-state index contributed by atoms with van der Waals surface area (Å²) in [6.45, 7) is 3.64. The average Bonchev–Trinajstić information content (AvgIpc) is 2.38. The summed E-state index contributed by atoms with van der Waals surface area (Å²) in [5.74, 6) is 0.914. The quantitative estimate of drug-likeness (QED) is 0.834. The molecule has 2 rings (SSSR count). The van der Waals surface area contributed by atoms with Gasteiger partial charge in [-0.3, -0.25) is 4.90 Å². The van der Waals surface area contributed by atoms with Crippen molar-refractivity contribution in [3.63, 3.8) is 0 Å². The van der Waals surface area contributed by atoms with Crippen molar-refractivity contribution >= 4 is 11.6 Å². The third-order valence-electron chi connectivity index (χ3n) is 3.28. The molecule has 1 fully saturated rings. The van der Waals surface area contributed by atoms with Crippen LogP contribution in [0.4, 0.5) is 0 Å². The zero-order valence-electron chi connectivity index (χ0n) is 10.5. The van der Waals surface area contributed by atoms with E-state index in [1.807, 2.05) is 12.1 Å². The van der Waals surface area contributed by atoms with E-state index in [9.17, 15) is 5.11 Å². The first kappa shape index (κ1) is 13.7. The predicted molar refractivity (Wildman–Crippen MR) is 73.1 cm³/mol. The van der Waals surface area contributed by atoms with Crippen LogP contribution >= 0.6 is 11.6 Å². The van der Waals surface area contributed by atoms with Crippen molar-refractivity contribution in [1.82, 2.24) is 4.90 Å². The molecule has 1 N–H and O–H groups in total. The third kappa shape index (κ3) is 4.16. The highest BCUT2D eigenvalue weighted by Crippen LogP contribution is 2.18. The van der Waals surface area contributed by atoms with Gasteiger partial charge < -0.3 is 9.84 Å². The van der Waals surface area contributed by atoms with E-state index in [4.69, 9.17) is 16.3 Å². The van der Waals surface area contributed by atoms with Gasteiger partial charge in [0.15, 0.2) is 0 Å². The Labute approximate surface area is 113 Å². The largest absolute Gasteiger partial charge is 0.508 e. The Morgan fingerprint density at radius 1 is 1.33 bits per heavy atom. The Balaban J connectivity index is 1.76. The van der Waals surface area contributed by atoms with Gasteiger partial charge >= 0.3 is 0 Å². The van der Waals surface area contributed by atoms with Crippen molar-refractivity contribution in [2.24, 2.45) is 0 Å². The van der Waals surface area contributed by atoms with Crippen molar-refractivity contribution in [2.45, 2.75) is 25.5 Å². The van der Waals surface area contributed by atoms with Crippen LogP contribution in [0.25, 0.3) is 0 Å². The lowest BCUT2D eigenvalue weighted by Crippen LogP contribution is -2.36. The second kappa shape index (κ2) is 6.98. The van der Waals surface area contributed by atoms with Crippen LogP contribution in [0.5, 0.6) is 5.75 Å². The lowest BCUT2D eigenvalue weighted by atomic mass is 10.1. The fourth-order valence-corrected chi connectivity index (χ4v) is 2.45. The average molecular weight is 270 g/mol. The Morgan fingerprint density at radius 2 is 2.11 bits per heavy atom. The molecule has 0 aliphatic carbocycles. The first-order valence-corrected chi connectivity index (χ1v) is 6.99. The van der Waals surface area contributed by atoms with E-state index >= 15 is 0 Å². The van der Waals surface area contributed by atoms with E-state index < -0.39 is 0 Å². The Hall–Kier alpha value is -0.770. The Morgan fingerprint density at radius 3 is 2.78 bits per heavy atom. The van der Waals surface area contributed by atoms with Crippen LogP contribution < -0.4 is 0 Å². The summed E-state index contributed by atoms with van der Waals surface area (Å²) < 4.78 is 5.65. The molecule has 0 atom stereocenters. The number of piperidine rings is 1. The van der Waals surface area contributed by atoms with Crippen molar-refractivity contribution in [3.8, 4) is 5.75 Å². The third-order valence-corrected chi connectivity index (χ3v) is 3.44. The highest BCUT2D eigenvalue weighted by molar-refractivity contribution is 6.17. The van der Waals surface area contributed by atoms with Crippen molar-refractivity contribution in [3.05, 3.63) is 29.8 Å². The molecule has 1 aromatic carbocycles. The summed E-state index contributed by atoms with van der Waals surface area (Å²) in [4.78, 5) is 2.40. The van der Waals surface area contributed by atoms with Crippen LogP contribution in [0.1, 0.15) is 18.4 Å². The number of alkyl halides is 1. The van der Waals surface area contributed by atoms with Gasteiger partial charge in [-0.05, 0) is 30.5 Å². The van der Waals surface area contributed by atoms with Gasteiger partial charge in [-0.1, -0.05) is 12.1 Å². The maximum atomic E-state index is 9.43. The van der Waals surface area contributed by atoms with Gasteiger partial charge in [0.1, 0.15) is 5.75 Å². The van der Waals surface area contributed by atoms with E-state index in [2.05, 4.69) is 11.0 Å². The summed E-state index contributed by atoms with van der Waals surface area (Å²) in [6, 6.07) is 7.47. The number of phenols is 1. The number of hydrogen-bond donors (Lipinski definition) is 1. The molecule has 0 amide bonds. The zero-order chi connectivity index (χ0) is 12.8. The van der Waals surface area contributed by atoms with Crippen molar-refractivity contribution in [1.29, 1.82) is 0 Å². The van der Waals surface area contributed by atoms with E-state index in [-0.39, 0.29) is 0 Å². The smallest absolute Gasteiger partial charge is 0.115 e. The highest BCUT2D eigenvalue weighted by atomic mass is 35.5. The first-order chi connectivity index (χ1) is 8.78. The standard InChI is InChI=1S/C14H20ClNO2/c15-6-9-18-14-4-7-16(8-5-14)11-12-2-1-3-13(17)10-12/h1-3,10,14,17H,4-9,11H2. The fraction of sp³-hybridized carbons (Fsp3) is 0.571. The SMILES string of the molecule is Oc1cccc(CN2CCC(OCCCl)CC2)c1. The molecule has 1 aliphatic heterocycles. The summed E-state index contributed by atoms with van der Waals surface area (Å²) >= 11 is 5.61. The van der Waals surface area contributed by atoms with Gasteiger partial charge in [0.05, 0.1) is 12.7 Å². The van der Waals surface area contributed by atoms with Gasteiger partial charge in [0.2, 0.25) is 0 Å². The van der Waals surface area contributed by atoms with E-state index in [1.54, 1.807) is 6.07 Å². The molecule has 0 bridgehead atoms. The minimum absolute atomic E-state index is 0.341. The molecular formula is C14H20ClNO2. The number of likely N-dealkylation sites (tertiary alicyclic amines) is 1. The molecule has 1 saturated heterocycles. The summed E-state index contributed by atoms with van der Waals surface area (Å²) in [5, 5.41) is 9.43. The summed E-state index contributed by atoms with van der Waals surface area (Å²) in [7, 11) is 0. The molecule has 3 nitrogen and oxygen atoms in total. The van der Waals surface area contributed by atoms with Crippen LogP contribution in [-0.4, -0.2) is 41.7 Å². The number of phenolic OH excluding ortho intramolecular Hbond substituents is 1. The zero-order valence-corrected chi connectivity index (χ0v) is 11.3. The van der Waals surface area contributed by atoms with Gasteiger partial charge in [0, 0.05) is 25.5 Å². The van der Waals surface area contributed by atoms with Crippen molar-refractivity contribution < 1.29 is 9.84 Å². The first-order valence-electron chi connectivity index (χ1n) is 6.46. The van der Waals surface area contributed by atoms with Gasteiger partial charge in [-0.25, -0.2) is 0 Å². The van der Waals surface area contributed by atoms with E-state index in [0.717, 1.165) is 38.0 Å². The lowest BCUT2D eigenvalue weighted by molar-refractivity contribution is 0.0134. The predicted octanol–water partition coefficient (Wildman–Crippen LogP) is 2.61. The minimum Gasteiger partial charge on any atom is -0.508 e. The molecule has 0 unspecified atom stereocenters. The minimum atomic E-state index is 0.341. The van der Waals surface area contributed by atoms with Crippen LogP contribution in [0.3, 0.4) is 0 Å². The number of benzene rings is 1. The van der Waals surface area contributed by atoms with Crippen LogP contribution in [0, 0.1) is 0 Å². The molecular weight excluding hydrogens is 250 g/mol. The molecule has 1 heterocycles. The molecule has 0 radical (unpaired) electrons. The Bertz CT molecular complexity index is 365. The lowest BCUT2D eigenvalue weighted by Gasteiger charge is -2.31. The van der Waals surface area contributed by atoms with Gasteiger partial charge in [0.25, 0.3) is 0 Å². The molecule has 0 spiro atoms. The number of halogens is 1.